The highest BCUT2D eigenvalue weighted by atomic mass is 35.5. The number of anilines is 2. The second kappa shape index (κ2) is 8.97. The van der Waals surface area contributed by atoms with Gasteiger partial charge in [0.2, 0.25) is 11.9 Å². The topological polar surface area (TPSA) is 61.8 Å². The predicted molar refractivity (Wildman–Crippen MR) is 114 cm³/mol. The van der Waals surface area contributed by atoms with Gasteiger partial charge in [0.05, 0.1) is 19.6 Å². The van der Waals surface area contributed by atoms with E-state index >= 15 is 0 Å². The Bertz CT molecular complexity index is 864. The van der Waals surface area contributed by atoms with Crippen LogP contribution in [0.3, 0.4) is 0 Å². The first-order valence-electron chi connectivity index (χ1n) is 10.0. The van der Waals surface area contributed by atoms with Crippen molar-refractivity contribution in [2.45, 2.75) is 13.3 Å². The first-order chi connectivity index (χ1) is 14.1. The van der Waals surface area contributed by atoms with Gasteiger partial charge >= 0.3 is 0 Å². The molecule has 0 N–H and O–H groups in total. The van der Waals surface area contributed by atoms with Crippen LogP contribution in [-0.4, -0.2) is 73.3 Å². The first-order valence-corrected chi connectivity index (χ1v) is 10.4. The van der Waals surface area contributed by atoms with Gasteiger partial charge in [-0.1, -0.05) is 29.8 Å². The number of piperazine rings is 1. The fraction of sp³-hybridized carbons (Fsp3) is 0.476. The highest BCUT2D eigenvalue weighted by molar-refractivity contribution is 6.31. The molecule has 2 saturated heterocycles. The monoisotopic (exact) mass is 415 g/mol. The van der Waals surface area contributed by atoms with Crippen molar-refractivity contribution in [3.8, 4) is 0 Å². The van der Waals surface area contributed by atoms with E-state index in [1.54, 1.807) is 0 Å². The molecular formula is C21H26ClN5O2. The molecule has 0 spiro atoms. The lowest BCUT2D eigenvalue weighted by molar-refractivity contribution is -0.130. The third-order valence-corrected chi connectivity index (χ3v) is 5.75. The normalized spacial score (nSPS) is 17.5. The molecule has 0 atom stereocenters. The summed E-state index contributed by atoms with van der Waals surface area (Å²) in [5.74, 6) is 1.80. The molecule has 154 valence electrons. The van der Waals surface area contributed by atoms with E-state index in [1.807, 2.05) is 42.2 Å². The number of halogens is 1. The number of morpholine rings is 1. The van der Waals surface area contributed by atoms with Gasteiger partial charge in [0.1, 0.15) is 5.82 Å². The third-order valence-electron chi connectivity index (χ3n) is 5.38. The Balaban J connectivity index is 1.38. The van der Waals surface area contributed by atoms with Crippen LogP contribution < -0.4 is 9.80 Å². The van der Waals surface area contributed by atoms with Gasteiger partial charge in [0.15, 0.2) is 0 Å². The van der Waals surface area contributed by atoms with Crippen LogP contribution in [0.15, 0.2) is 30.3 Å². The van der Waals surface area contributed by atoms with E-state index < -0.39 is 0 Å². The Morgan fingerprint density at radius 1 is 1.03 bits per heavy atom. The van der Waals surface area contributed by atoms with Crippen molar-refractivity contribution in [1.82, 2.24) is 14.9 Å². The van der Waals surface area contributed by atoms with Crippen LogP contribution in [0.1, 0.15) is 11.3 Å². The molecule has 8 heteroatoms. The summed E-state index contributed by atoms with van der Waals surface area (Å²) in [6.45, 7) is 7.91. The summed E-state index contributed by atoms with van der Waals surface area (Å²) >= 11 is 6.20. The fourth-order valence-corrected chi connectivity index (χ4v) is 3.91. The average molecular weight is 416 g/mol. The van der Waals surface area contributed by atoms with Gasteiger partial charge in [-0.3, -0.25) is 4.79 Å². The van der Waals surface area contributed by atoms with Gasteiger partial charge in [-0.15, -0.1) is 0 Å². The number of hydrogen-bond donors (Lipinski definition) is 0. The van der Waals surface area contributed by atoms with Gasteiger partial charge in [-0.2, -0.15) is 4.98 Å². The van der Waals surface area contributed by atoms with E-state index in [9.17, 15) is 4.79 Å². The van der Waals surface area contributed by atoms with Crippen molar-refractivity contribution in [2.24, 2.45) is 0 Å². The summed E-state index contributed by atoms with van der Waals surface area (Å²) in [5, 5.41) is 0.642. The molecule has 0 bridgehead atoms. The summed E-state index contributed by atoms with van der Waals surface area (Å²) in [7, 11) is 0. The van der Waals surface area contributed by atoms with E-state index in [2.05, 4.69) is 14.8 Å². The van der Waals surface area contributed by atoms with Crippen molar-refractivity contribution in [3.63, 3.8) is 0 Å². The SMILES string of the molecule is Cc1cc(N2CCOCC2)nc(N2CCN(C(=O)Cc3ccccc3Cl)CC2)n1. The molecule has 1 amide bonds. The van der Waals surface area contributed by atoms with Crippen LogP contribution in [0, 0.1) is 6.92 Å². The minimum Gasteiger partial charge on any atom is -0.378 e. The molecule has 1 aromatic heterocycles. The van der Waals surface area contributed by atoms with Crippen LogP contribution in [0.25, 0.3) is 0 Å². The summed E-state index contributed by atoms with van der Waals surface area (Å²) < 4.78 is 5.44. The van der Waals surface area contributed by atoms with Gasteiger partial charge < -0.3 is 19.4 Å². The number of aromatic nitrogens is 2. The third kappa shape index (κ3) is 4.79. The lowest BCUT2D eigenvalue weighted by Crippen LogP contribution is -2.49. The Hall–Kier alpha value is -2.38. The summed E-state index contributed by atoms with van der Waals surface area (Å²) in [4.78, 5) is 28.4. The maximum absolute atomic E-state index is 12.7. The number of carbonyl (C=O) groups is 1. The lowest BCUT2D eigenvalue weighted by atomic mass is 10.1. The maximum Gasteiger partial charge on any atom is 0.227 e. The van der Waals surface area contributed by atoms with Crippen LogP contribution >= 0.6 is 11.6 Å². The second-order valence-electron chi connectivity index (χ2n) is 7.40. The van der Waals surface area contributed by atoms with Crippen molar-refractivity contribution < 1.29 is 9.53 Å². The Kier molecular flexibility index (Phi) is 6.16. The van der Waals surface area contributed by atoms with Crippen LogP contribution in [0.2, 0.25) is 5.02 Å². The van der Waals surface area contributed by atoms with Crippen molar-refractivity contribution in [1.29, 1.82) is 0 Å². The Morgan fingerprint density at radius 2 is 1.76 bits per heavy atom. The van der Waals surface area contributed by atoms with E-state index in [0.717, 1.165) is 62.4 Å². The zero-order valence-corrected chi connectivity index (χ0v) is 17.4. The average Bonchev–Trinajstić information content (AvgIpc) is 2.75. The number of ether oxygens (including phenoxy) is 1. The van der Waals surface area contributed by atoms with Crippen molar-refractivity contribution in [2.75, 3.05) is 62.3 Å². The zero-order chi connectivity index (χ0) is 20.2. The highest BCUT2D eigenvalue weighted by Crippen LogP contribution is 2.21. The summed E-state index contributed by atoms with van der Waals surface area (Å²) in [5.41, 5.74) is 1.83. The van der Waals surface area contributed by atoms with E-state index in [4.69, 9.17) is 21.3 Å². The van der Waals surface area contributed by atoms with Crippen LogP contribution in [-0.2, 0) is 16.0 Å². The molecule has 1 aromatic carbocycles. The number of hydrogen-bond acceptors (Lipinski definition) is 6. The molecule has 2 aliphatic rings. The number of aryl methyl sites for hydroxylation is 1. The molecule has 7 nitrogen and oxygen atoms in total. The molecule has 0 unspecified atom stereocenters. The largest absolute Gasteiger partial charge is 0.378 e. The van der Waals surface area contributed by atoms with Gasteiger partial charge in [0.25, 0.3) is 0 Å². The predicted octanol–water partition coefficient (Wildman–Crippen LogP) is 2.17. The minimum absolute atomic E-state index is 0.108. The molecule has 0 saturated carbocycles. The van der Waals surface area contributed by atoms with Gasteiger partial charge in [-0.05, 0) is 18.6 Å². The second-order valence-corrected chi connectivity index (χ2v) is 7.81. The molecular weight excluding hydrogens is 390 g/mol. The van der Waals surface area contributed by atoms with Crippen LogP contribution in [0.4, 0.5) is 11.8 Å². The number of nitrogens with zero attached hydrogens (tertiary/aromatic N) is 5. The van der Waals surface area contributed by atoms with Crippen LogP contribution in [0.5, 0.6) is 0 Å². The number of carbonyl (C=O) groups excluding carboxylic acids is 1. The Morgan fingerprint density at radius 3 is 2.48 bits per heavy atom. The molecule has 3 heterocycles. The standard InChI is InChI=1S/C21H26ClN5O2/c1-16-14-19(25-10-12-29-13-11-25)24-21(23-16)27-8-6-26(7-9-27)20(28)15-17-4-2-3-5-18(17)22/h2-5,14H,6-13,15H2,1H3. The molecule has 4 rings (SSSR count). The first kappa shape index (κ1) is 19.9. The van der Waals surface area contributed by atoms with Crippen molar-refractivity contribution in [3.05, 3.63) is 46.6 Å². The number of rotatable bonds is 4. The van der Waals surface area contributed by atoms with E-state index in [-0.39, 0.29) is 5.91 Å². The molecule has 2 fully saturated rings. The minimum atomic E-state index is 0.108. The number of benzene rings is 1. The lowest BCUT2D eigenvalue weighted by Gasteiger charge is -2.35. The molecule has 0 aliphatic carbocycles. The molecule has 2 aliphatic heterocycles. The summed E-state index contributed by atoms with van der Waals surface area (Å²) in [6, 6.07) is 9.54. The zero-order valence-electron chi connectivity index (χ0n) is 16.7. The van der Waals surface area contributed by atoms with E-state index in [0.29, 0.717) is 24.5 Å². The van der Waals surface area contributed by atoms with Gasteiger partial charge in [-0.25, -0.2) is 4.98 Å². The highest BCUT2D eigenvalue weighted by Gasteiger charge is 2.24. The van der Waals surface area contributed by atoms with Gasteiger partial charge in [0, 0.05) is 56.1 Å². The fourth-order valence-electron chi connectivity index (χ4n) is 3.70. The van der Waals surface area contributed by atoms with Crippen molar-refractivity contribution >= 4 is 29.3 Å². The molecule has 2 aromatic rings. The molecule has 29 heavy (non-hydrogen) atoms. The Labute approximate surface area is 176 Å². The smallest absolute Gasteiger partial charge is 0.227 e. The quantitative estimate of drug-likeness (QED) is 0.762. The number of amides is 1. The maximum atomic E-state index is 12.7. The summed E-state index contributed by atoms with van der Waals surface area (Å²) in [6.07, 6.45) is 0.335. The molecule has 0 radical (unpaired) electrons. The van der Waals surface area contributed by atoms with E-state index in [1.165, 1.54) is 0 Å².